The Bertz CT molecular complexity index is 269. The van der Waals surface area contributed by atoms with Gasteiger partial charge in [0.15, 0.2) is 5.82 Å². The Morgan fingerprint density at radius 2 is 2.23 bits per heavy atom. The van der Waals surface area contributed by atoms with E-state index >= 15 is 0 Å². The van der Waals surface area contributed by atoms with Gasteiger partial charge in [0.05, 0.1) is 26.3 Å². The fourth-order valence-electron chi connectivity index (χ4n) is 1.36. The summed E-state index contributed by atoms with van der Waals surface area (Å²) >= 11 is 0. The Morgan fingerprint density at radius 3 is 2.92 bits per heavy atom. The van der Waals surface area contributed by atoms with Crippen molar-refractivity contribution in [3.8, 4) is 0 Å². The molecule has 0 aromatic carbocycles. The summed E-state index contributed by atoms with van der Waals surface area (Å²) in [7, 11) is 0. The number of morpholine rings is 1. The molecule has 1 aliphatic rings. The first-order valence-electron chi connectivity index (χ1n) is 4.24. The van der Waals surface area contributed by atoms with E-state index in [0.29, 0.717) is 19.0 Å². The first-order chi connectivity index (χ1) is 6.42. The summed E-state index contributed by atoms with van der Waals surface area (Å²) in [6, 6.07) is 0. The monoisotopic (exact) mass is 184 g/mol. The van der Waals surface area contributed by atoms with E-state index in [1.54, 1.807) is 11.0 Å². The SMILES string of the molecule is OCc1nncn1N1CCOCC1. The van der Waals surface area contributed by atoms with Crippen molar-refractivity contribution in [2.75, 3.05) is 31.3 Å². The molecule has 72 valence electrons. The van der Waals surface area contributed by atoms with Gasteiger partial charge in [-0.2, -0.15) is 0 Å². The highest BCUT2D eigenvalue weighted by atomic mass is 16.5. The van der Waals surface area contributed by atoms with Crippen molar-refractivity contribution in [3.05, 3.63) is 12.2 Å². The van der Waals surface area contributed by atoms with Crippen molar-refractivity contribution in [3.63, 3.8) is 0 Å². The first kappa shape index (κ1) is 8.46. The number of nitrogens with zero attached hydrogens (tertiary/aromatic N) is 4. The van der Waals surface area contributed by atoms with Crippen molar-refractivity contribution in [1.29, 1.82) is 0 Å². The van der Waals surface area contributed by atoms with Gasteiger partial charge in [-0.25, -0.2) is 4.68 Å². The molecular formula is C7H12N4O2. The van der Waals surface area contributed by atoms with Crippen LogP contribution >= 0.6 is 0 Å². The lowest BCUT2D eigenvalue weighted by atomic mass is 10.5. The van der Waals surface area contributed by atoms with E-state index < -0.39 is 0 Å². The van der Waals surface area contributed by atoms with E-state index in [-0.39, 0.29) is 6.61 Å². The zero-order valence-corrected chi connectivity index (χ0v) is 7.26. The zero-order valence-electron chi connectivity index (χ0n) is 7.26. The molecule has 6 nitrogen and oxygen atoms in total. The molecule has 1 aromatic heterocycles. The number of aliphatic hydroxyl groups excluding tert-OH is 1. The second-order valence-electron chi connectivity index (χ2n) is 2.82. The third kappa shape index (κ3) is 1.63. The molecule has 13 heavy (non-hydrogen) atoms. The molecule has 1 aliphatic heterocycles. The molecule has 6 heteroatoms. The molecule has 0 spiro atoms. The number of aliphatic hydroxyl groups is 1. The third-order valence-electron chi connectivity index (χ3n) is 2.03. The van der Waals surface area contributed by atoms with Gasteiger partial charge in [-0.1, -0.05) is 0 Å². The highest BCUT2D eigenvalue weighted by molar-refractivity contribution is 4.95. The molecule has 2 rings (SSSR count). The van der Waals surface area contributed by atoms with Crippen LogP contribution in [0.3, 0.4) is 0 Å². The molecule has 0 radical (unpaired) electrons. The summed E-state index contributed by atoms with van der Waals surface area (Å²) in [6.45, 7) is 2.96. The minimum atomic E-state index is -0.0860. The van der Waals surface area contributed by atoms with E-state index in [2.05, 4.69) is 15.2 Å². The van der Waals surface area contributed by atoms with E-state index in [1.807, 2.05) is 0 Å². The van der Waals surface area contributed by atoms with Crippen molar-refractivity contribution in [1.82, 2.24) is 14.9 Å². The fraction of sp³-hybridized carbons (Fsp3) is 0.714. The maximum atomic E-state index is 8.96. The summed E-state index contributed by atoms with van der Waals surface area (Å²) in [4.78, 5) is 0. The molecule has 1 aromatic rings. The van der Waals surface area contributed by atoms with Gasteiger partial charge in [-0.05, 0) is 0 Å². The first-order valence-corrected chi connectivity index (χ1v) is 4.24. The Hall–Kier alpha value is -1.14. The normalized spacial score (nSPS) is 17.8. The van der Waals surface area contributed by atoms with Crippen molar-refractivity contribution < 1.29 is 9.84 Å². The quantitative estimate of drug-likeness (QED) is 0.621. The van der Waals surface area contributed by atoms with Crippen LogP contribution in [0, 0.1) is 0 Å². The predicted octanol–water partition coefficient (Wildman–Crippen LogP) is -1.26. The smallest absolute Gasteiger partial charge is 0.177 e. The highest BCUT2D eigenvalue weighted by Gasteiger charge is 2.13. The summed E-state index contributed by atoms with van der Waals surface area (Å²) in [5, 5.41) is 18.5. The lowest BCUT2D eigenvalue weighted by molar-refractivity contribution is 0.109. The number of hydrogen-bond acceptors (Lipinski definition) is 5. The van der Waals surface area contributed by atoms with Crippen LogP contribution in [-0.4, -0.2) is 46.3 Å². The van der Waals surface area contributed by atoms with Crippen LogP contribution in [0.1, 0.15) is 5.82 Å². The molecule has 0 atom stereocenters. The van der Waals surface area contributed by atoms with Gasteiger partial charge >= 0.3 is 0 Å². The Morgan fingerprint density at radius 1 is 1.46 bits per heavy atom. The topological polar surface area (TPSA) is 63.4 Å². The average molecular weight is 184 g/mol. The second kappa shape index (κ2) is 3.71. The second-order valence-corrected chi connectivity index (χ2v) is 2.82. The van der Waals surface area contributed by atoms with E-state index in [4.69, 9.17) is 9.84 Å². The average Bonchev–Trinajstić information content (AvgIpc) is 2.67. The van der Waals surface area contributed by atoms with Crippen LogP contribution in [0.25, 0.3) is 0 Å². The highest BCUT2D eigenvalue weighted by Crippen LogP contribution is 2.00. The summed E-state index contributed by atoms with van der Waals surface area (Å²) < 4.78 is 6.99. The minimum Gasteiger partial charge on any atom is -0.388 e. The standard InChI is InChI=1S/C7H12N4O2/c12-5-7-9-8-6-11(7)10-1-3-13-4-2-10/h6,12H,1-5H2. The van der Waals surface area contributed by atoms with Crippen LogP contribution in [0.4, 0.5) is 0 Å². The van der Waals surface area contributed by atoms with Crippen LogP contribution in [0.5, 0.6) is 0 Å². The molecule has 1 saturated heterocycles. The van der Waals surface area contributed by atoms with Gasteiger partial charge in [-0.3, -0.25) is 0 Å². The number of hydrogen-bond donors (Lipinski definition) is 1. The van der Waals surface area contributed by atoms with Gasteiger partial charge in [-0.15, -0.1) is 10.2 Å². The van der Waals surface area contributed by atoms with E-state index in [1.165, 1.54) is 0 Å². The van der Waals surface area contributed by atoms with Crippen LogP contribution < -0.4 is 5.01 Å². The molecule has 0 bridgehead atoms. The maximum Gasteiger partial charge on any atom is 0.177 e. The van der Waals surface area contributed by atoms with Gasteiger partial charge in [0.2, 0.25) is 0 Å². The zero-order chi connectivity index (χ0) is 9.10. The molecule has 0 aliphatic carbocycles. The molecule has 2 heterocycles. The van der Waals surface area contributed by atoms with E-state index in [0.717, 1.165) is 13.1 Å². The predicted molar refractivity (Wildman–Crippen MR) is 44.7 cm³/mol. The third-order valence-corrected chi connectivity index (χ3v) is 2.03. The van der Waals surface area contributed by atoms with E-state index in [9.17, 15) is 0 Å². The van der Waals surface area contributed by atoms with Crippen molar-refractivity contribution in [2.24, 2.45) is 0 Å². The summed E-state index contributed by atoms with van der Waals surface area (Å²) in [5.41, 5.74) is 0. The fourth-order valence-corrected chi connectivity index (χ4v) is 1.36. The van der Waals surface area contributed by atoms with Gasteiger partial charge in [0, 0.05) is 0 Å². The molecule has 1 N–H and O–H groups in total. The minimum absolute atomic E-state index is 0.0860. The molecule has 0 unspecified atom stereocenters. The van der Waals surface area contributed by atoms with Crippen LogP contribution in [0.15, 0.2) is 6.33 Å². The number of ether oxygens (including phenoxy) is 1. The molecule has 0 amide bonds. The maximum absolute atomic E-state index is 8.96. The molecular weight excluding hydrogens is 172 g/mol. The molecule has 1 fully saturated rings. The summed E-state index contributed by atoms with van der Waals surface area (Å²) in [6.07, 6.45) is 1.61. The van der Waals surface area contributed by atoms with Crippen LogP contribution in [-0.2, 0) is 11.3 Å². The lowest BCUT2D eigenvalue weighted by Crippen LogP contribution is -2.44. The van der Waals surface area contributed by atoms with Crippen molar-refractivity contribution in [2.45, 2.75) is 6.61 Å². The largest absolute Gasteiger partial charge is 0.388 e. The van der Waals surface area contributed by atoms with Gasteiger partial charge < -0.3 is 14.9 Å². The van der Waals surface area contributed by atoms with Gasteiger partial charge in [0.1, 0.15) is 12.9 Å². The molecule has 0 saturated carbocycles. The van der Waals surface area contributed by atoms with Crippen molar-refractivity contribution >= 4 is 0 Å². The van der Waals surface area contributed by atoms with Crippen LogP contribution in [0.2, 0.25) is 0 Å². The van der Waals surface area contributed by atoms with Gasteiger partial charge in [0.25, 0.3) is 0 Å². The number of rotatable bonds is 2. The Kier molecular flexibility index (Phi) is 2.42. The Labute approximate surface area is 75.7 Å². The Balaban J connectivity index is 2.13. The lowest BCUT2D eigenvalue weighted by Gasteiger charge is -2.29. The number of aromatic nitrogens is 3. The summed E-state index contributed by atoms with van der Waals surface area (Å²) in [5.74, 6) is 0.571.